The van der Waals surface area contributed by atoms with E-state index in [1.54, 1.807) is 4.90 Å². The lowest BCUT2D eigenvalue weighted by Gasteiger charge is -2.35. The molecule has 0 aliphatic carbocycles. The van der Waals surface area contributed by atoms with Gasteiger partial charge in [0.15, 0.2) is 0 Å². The second-order valence-electron chi connectivity index (χ2n) is 6.41. The highest BCUT2D eigenvalue weighted by atomic mass is 35.5. The van der Waals surface area contributed by atoms with Crippen LogP contribution in [0, 0.1) is 0 Å². The third kappa shape index (κ3) is 5.21. The van der Waals surface area contributed by atoms with Gasteiger partial charge in [0, 0.05) is 30.7 Å². The Morgan fingerprint density at radius 1 is 1.38 bits per heavy atom. The molecule has 1 aliphatic rings. The van der Waals surface area contributed by atoms with Crippen LogP contribution in [0.3, 0.4) is 0 Å². The zero-order valence-corrected chi connectivity index (χ0v) is 13.6. The van der Waals surface area contributed by atoms with Crippen LogP contribution >= 0.6 is 11.6 Å². The first-order valence-electron chi connectivity index (χ1n) is 7.29. The maximum absolute atomic E-state index is 12.1. The molecule has 0 saturated carbocycles. The van der Waals surface area contributed by atoms with Gasteiger partial charge in [-0.2, -0.15) is 0 Å². The largest absolute Gasteiger partial charge is 0.444 e. The number of nitrogens with one attached hydrogen (secondary N) is 1. The fourth-order valence-corrected chi connectivity index (χ4v) is 2.49. The summed E-state index contributed by atoms with van der Waals surface area (Å²) in [6.45, 7) is 7.80. The molecule has 1 fully saturated rings. The van der Waals surface area contributed by atoms with Gasteiger partial charge in [0.2, 0.25) is 0 Å². The number of carbonyl (C=O) groups is 1. The molecule has 4 nitrogen and oxygen atoms in total. The standard InChI is InChI=1S/C16H23ClN2O2/c1-16(2,3)21-15(20)19-9-8-18-14(11-19)10-12-4-6-13(17)7-5-12/h4-7,14,18H,8-11H2,1-3H3. The highest BCUT2D eigenvalue weighted by Gasteiger charge is 2.27. The molecule has 0 radical (unpaired) electrons. The first kappa shape index (κ1) is 16.1. The molecule has 2 rings (SSSR count). The van der Waals surface area contributed by atoms with Crippen LogP contribution < -0.4 is 5.32 Å². The Morgan fingerprint density at radius 2 is 2.05 bits per heavy atom. The van der Waals surface area contributed by atoms with Crippen LogP contribution in [0.25, 0.3) is 0 Å². The van der Waals surface area contributed by atoms with E-state index in [9.17, 15) is 4.79 Å². The van der Waals surface area contributed by atoms with Crippen LogP contribution in [0.4, 0.5) is 4.79 Å². The fourth-order valence-electron chi connectivity index (χ4n) is 2.36. The first-order valence-corrected chi connectivity index (χ1v) is 7.67. The van der Waals surface area contributed by atoms with E-state index < -0.39 is 5.60 Å². The average Bonchev–Trinajstić information content (AvgIpc) is 2.40. The number of hydrogen-bond acceptors (Lipinski definition) is 3. The SMILES string of the molecule is CC(C)(C)OC(=O)N1CCNC(Cc2ccc(Cl)cc2)C1. The van der Waals surface area contributed by atoms with Gasteiger partial charge in [-0.1, -0.05) is 23.7 Å². The molecular weight excluding hydrogens is 288 g/mol. The van der Waals surface area contributed by atoms with Crippen molar-refractivity contribution >= 4 is 17.7 Å². The predicted octanol–water partition coefficient (Wildman–Crippen LogP) is 3.09. The first-order chi connectivity index (χ1) is 9.83. The van der Waals surface area contributed by atoms with Crippen molar-refractivity contribution in [1.82, 2.24) is 10.2 Å². The monoisotopic (exact) mass is 310 g/mol. The molecule has 116 valence electrons. The van der Waals surface area contributed by atoms with Gasteiger partial charge in [-0.25, -0.2) is 4.79 Å². The van der Waals surface area contributed by atoms with Crippen molar-refractivity contribution in [3.63, 3.8) is 0 Å². The summed E-state index contributed by atoms with van der Waals surface area (Å²) in [6, 6.07) is 8.08. The van der Waals surface area contributed by atoms with E-state index in [1.807, 2.05) is 45.0 Å². The van der Waals surface area contributed by atoms with Gasteiger partial charge in [-0.15, -0.1) is 0 Å². The Balaban J connectivity index is 1.91. The van der Waals surface area contributed by atoms with Crippen molar-refractivity contribution in [2.24, 2.45) is 0 Å². The smallest absolute Gasteiger partial charge is 0.410 e. The van der Waals surface area contributed by atoms with Gasteiger partial charge in [0.25, 0.3) is 0 Å². The summed E-state index contributed by atoms with van der Waals surface area (Å²) >= 11 is 5.90. The minimum atomic E-state index is -0.451. The summed E-state index contributed by atoms with van der Waals surface area (Å²) in [4.78, 5) is 13.9. The maximum atomic E-state index is 12.1. The van der Waals surface area contributed by atoms with E-state index in [4.69, 9.17) is 16.3 Å². The molecule has 21 heavy (non-hydrogen) atoms. The van der Waals surface area contributed by atoms with E-state index in [2.05, 4.69) is 5.32 Å². The number of ether oxygens (including phenoxy) is 1. The Labute approximate surface area is 131 Å². The van der Waals surface area contributed by atoms with Gasteiger partial charge in [-0.05, 0) is 44.9 Å². The van der Waals surface area contributed by atoms with Crippen LogP contribution in [0.15, 0.2) is 24.3 Å². The van der Waals surface area contributed by atoms with Crippen molar-refractivity contribution in [3.05, 3.63) is 34.9 Å². The fraction of sp³-hybridized carbons (Fsp3) is 0.562. The van der Waals surface area contributed by atoms with Gasteiger partial charge in [0.1, 0.15) is 5.60 Å². The lowest BCUT2D eigenvalue weighted by Crippen LogP contribution is -2.54. The van der Waals surface area contributed by atoms with E-state index in [0.717, 1.165) is 18.0 Å². The van der Waals surface area contributed by atoms with E-state index in [1.165, 1.54) is 5.56 Å². The van der Waals surface area contributed by atoms with Gasteiger partial charge in [-0.3, -0.25) is 0 Å². The van der Waals surface area contributed by atoms with E-state index in [-0.39, 0.29) is 12.1 Å². The predicted molar refractivity (Wildman–Crippen MR) is 84.8 cm³/mol. The van der Waals surface area contributed by atoms with E-state index in [0.29, 0.717) is 13.1 Å². The molecule has 1 N–H and O–H groups in total. The van der Waals surface area contributed by atoms with Gasteiger partial charge >= 0.3 is 6.09 Å². The number of amides is 1. The van der Waals surface area contributed by atoms with Crippen LogP contribution in [0.1, 0.15) is 26.3 Å². The number of benzene rings is 1. The molecule has 0 spiro atoms. The Bertz CT molecular complexity index is 482. The summed E-state index contributed by atoms with van der Waals surface area (Å²) in [5, 5.41) is 4.19. The Kier molecular flexibility index (Phi) is 5.12. The summed E-state index contributed by atoms with van der Waals surface area (Å²) in [7, 11) is 0. The zero-order valence-electron chi connectivity index (χ0n) is 12.9. The van der Waals surface area contributed by atoms with Crippen LogP contribution in [-0.2, 0) is 11.2 Å². The van der Waals surface area contributed by atoms with Crippen LogP contribution in [0.5, 0.6) is 0 Å². The second-order valence-corrected chi connectivity index (χ2v) is 6.84. The number of piperazine rings is 1. The normalized spacial score (nSPS) is 19.4. The summed E-state index contributed by atoms with van der Waals surface area (Å²) < 4.78 is 5.43. The van der Waals surface area contributed by atoms with Gasteiger partial charge in [0.05, 0.1) is 0 Å². The molecule has 5 heteroatoms. The minimum absolute atomic E-state index is 0.231. The van der Waals surface area contributed by atoms with Crippen molar-refractivity contribution in [1.29, 1.82) is 0 Å². The molecule has 0 aromatic heterocycles. The molecule has 0 bridgehead atoms. The number of halogens is 1. The topological polar surface area (TPSA) is 41.6 Å². The van der Waals surface area contributed by atoms with Crippen molar-refractivity contribution in [3.8, 4) is 0 Å². The van der Waals surface area contributed by atoms with Crippen molar-refractivity contribution in [2.45, 2.75) is 38.8 Å². The highest BCUT2D eigenvalue weighted by Crippen LogP contribution is 2.15. The molecule has 1 heterocycles. The van der Waals surface area contributed by atoms with E-state index >= 15 is 0 Å². The minimum Gasteiger partial charge on any atom is -0.444 e. The molecule has 1 atom stereocenters. The summed E-state index contributed by atoms with van der Waals surface area (Å²) in [5.41, 5.74) is 0.760. The molecule has 1 amide bonds. The average molecular weight is 311 g/mol. The van der Waals surface area contributed by atoms with Crippen LogP contribution in [0.2, 0.25) is 5.02 Å². The third-order valence-electron chi connectivity index (χ3n) is 3.30. The molecule has 1 aliphatic heterocycles. The van der Waals surface area contributed by atoms with Crippen LogP contribution in [-0.4, -0.2) is 42.3 Å². The third-order valence-corrected chi connectivity index (χ3v) is 3.55. The maximum Gasteiger partial charge on any atom is 0.410 e. The summed E-state index contributed by atoms with van der Waals surface area (Å²) in [5.74, 6) is 0. The number of carbonyl (C=O) groups excluding carboxylic acids is 1. The number of nitrogens with zero attached hydrogens (tertiary/aromatic N) is 1. The summed E-state index contributed by atoms with van der Waals surface area (Å²) in [6.07, 6.45) is 0.640. The Hall–Kier alpha value is -1.26. The molecule has 1 aromatic rings. The second kappa shape index (κ2) is 6.67. The highest BCUT2D eigenvalue weighted by molar-refractivity contribution is 6.30. The van der Waals surface area contributed by atoms with Gasteiger partial charge < -0.3 is 15.0 Å². The lowest BCUT2D eigenvalue weighted by molar-refractivity contribution is 0.0195. The van der Waals surface area contributed by atoms with Crippen molar-refractivity contribution < 1.29 is 9.53 Å². The molecule has 1 aromatic carbocycles. The number of rotatable bonds is 2. The quantitative estimate of drug-likeness (QED) is 0.912. The molecule has 1 saturated heterocycles. The van der Waals surface area contributed by atoms with Crippen molar-refractivity contribution in [2.75, 3.05) is 19.6 Å². The lowest BCUT2D eigenvalue weighted by atomic mass is 10.0. The molecule has 1 unspecified atom stereocenters. The zero-order chi connectivity index (χ0) is 15.5. The Morgan fingerprint density at radius 3 is 2.67 bits per heavy atom. The molecular formula is C16H23ClN2O2. The number of hydrogen-bond donors (Lipinski definition) is 1.